The molecule has 31 heavy (non-hydrogen) atoms. The number of alkyl halides is 2. The summed E-state index contributed by atoms with van der Waals surface area (Å²) in [6.45, 7) is -1.31. The van der Waals surface area contributed by atoms with E-state index in [1.807, 2.05) is 0 Å². The molecule has 3 rings (SSSR count). The van der Waals surface area contributed by atoms with Crippen molar-refractivity contribution >= 4 is 23.6 Å². The molecule has 0 saturated heterocycles. The lowest BCUT2D eigenvalue weighted by molar-refractivity contribution is -0.121. The molecule has 1 heterocycles. The Hall–Kier alpha value is -3.67. The molecule has 1 atom stereocenters. The lowest BCUT2D eigenvalue weighted by Gasteiger charge is -2.12. The van der Waals surface area contributed by atoms with Gasteiger partial charge in [0.1, 0.15) is 5.75 Å². The maximum absolute atomic E-state index is 12.3. The molecule has 0 spiro atoms. The first-order valence-corrected chi connectivity index (χ1v) is 9.80. The predicted molar refractivity (Wildman–Crippen MR) is 110 cm³/mol. The van der Waals surface area contributed by atoms with Crippen molar-refractivity contribution in [2.75, 3.05) is 5.84 Å². The molecule has 12 heteroatoms. The van der Waals surface area contributed by atoms with Crippen LogP contribution < -0.4 is 21.4 Å². The largest absolute Gasteiger partial charge is 0.435 e. The fourth-order valence-corrected chi connectivity index (χ4v) is 3.20. The van der Waals surface area contributed by atoms with Gasteiger partial charge in [-0.2, -0.15) is 8.78 Å². The highest BCUT2D eigenvalue weighted by molar-refractivity contribution is 8.00. The van der Waals surface area contributed by atoms with Crippen molar-refractivity contribution < 1.29 is 23.1 Å². The number of benzene rings is 2. The molecule has 3 aromatic rings. The van der Waals surface area contributed by atoms with Crippen molar-refractivity contribution in [3.63, 3.8) is 0 Å². The van der Waals surface area contributed by atoms with Crippen molar-refractivity contribution in [1.82, 2.24) is 25.7 Å². The quantitative estimate of drug-likeness (QED) is 0.288. The molecule has 0 radical (unpaired) electrons. The molecule has 162 valence electrons. The van der Waals surface area contributed by atoms with Gasteiger partial charge in [-0.25, -0.2) is 4.68 Å². The van der Waals surface area contributed by atoms with E-state index < -0.39 is 23.7 Å². The van der Waals surface area contributed by atoms with Crippen LogP contribution in [0, 0.1) is 0 Å². The predicted octanol–water partition coefficient (Wildman–Crippen LogP) is 2.20. The lowest BCUT2D eigenvalue weighted by atomic mass is 10.2. The summed E-state index contributed by atoms with van der Waals surface area (Å²) in [5, 5.41) is 7.53. The fourth-order valence-electron chi connectivity index (χ4n) is 2.43. The number of rotatable bonds is 7. The summed E-state index contributed by atoms with van der Waals surface area (Å²) in [5.41, 5.74) is 5.61. The number of thioether (sulfide) groups is 1. The number of hydrogen-bond acceptors (Lipinski definition) is 7. The topological polar surface area (TPSA) is 124 Å². The Labute approximate surface area is 179 Å². The number of aromatic nitrogens is 3. The van der Waals surface area contributed by atoms with Crippen molar-refractivity contribution in [1.29, 1.82) is 0 Å². The van der Waals surface area contributed by atoms with Gasteiger partial charge in [0.25, 0.3) is 11.8 Å². The summed E-state index contributed by atoms with van der Waals surface area (Å²) < 4.78 is 30.0. The molecule has 0 aliphatic heterocycles. The number of nitrogens with zero attached hydrogens (tertiary/aromatic N) is 3. The molecular formula is C19H18F2N6O3S. The molecular weight excluding hydrogens is 430 g/mol. The van der Waals surface area contributed by atoms with Gasteiger partial charge in [-0.3, -0.25) is 20.4 Å². The average Bonchev–Trinajstić information content (AvgIpc) is 3.12. The van der Waals surface area contributed by atoms with Gasteiger partial charge in [-0.15, -0.1) is 10.2 Å². The van der Waals surface area contributed by atoms with Gasteiger partial charge in [0.2, 0.25) is 5.16 Å². The number of nitrogen functional groups attached to an aromatic ring is 1. The summed E-state index contributed by atoms with van der Waals surface area (Å²) in [6.07, 6.45) is 0. The molecule has 1 unspecified atom stereocenters. The summed E-state index contributed by atoms with van der Waals surface area (Å²) in [5.74, 6) is 5.38. The van der Waals surface area contributed by atoms with Crippen LogP contribution in [0.4, 0.5) is 8.78 Å². The minimum absolute atomic E-state index is 0.000668. The third kappa shape index (κ3) is 5.69. The van der Waals surface area contributed by atoms with Crippen LogP contribution in [0.5, 0.6) is 5.75 Å². The van der Waals surface area contributed by atoms with Crippen molar-refractivity contribution in [3.8, 4) is 17.1 Å². The number of carbonyl (C=O) groups is 2. The second kappa shape index (κ2) is 9.89. The van der Waals surface area contributed by atoms with Gasteiger partial charge in [-0.1, -0.05) is 30.0 Å². The van der Waals surface area contributed by atoms with Crippen molar-refractivity contribution in [2.45, 2.75) is 23.9 Å². The molecule has 1 aromatic heterocycles. The highest BCUT2D eigenvalue weighted by Gasteiger charge is 2.20. The number of hydrogen-bond donors (Lipinski definition) is 3. The van der Waals surface area contributed by atoms with Gasteiger partial charge < -0.3 is 10.6 Å². The van der Waals surface area contributed by atoms with Crippen LogP contribution >= 0.6 is 11.8 Å². The van der Waals surface area contributed by atoms with Gasteiger partial charge in [0.15, 0.2) is 5.82 Å². The molecule has 2 aromatic carbocycles. The van der Waals surface area contributed by atoms with E-state index in [2.05, 4.69) is 25.8 Å². The van der Waals surface area contributed by atoms with Crippen molar-refractivity contribution in [2.24, 2.45) is 0 Å². The SMILES string of the molecule is CC(Sc1nnc(-c2ccc(OC(F)F)cc2)n1N)C(=O)NNC(=O)c1ccccc1. The van der Waals surface area contributed by atoms with Crippen LogP contribution in [0.1, 0.15) is 17.3 Å². The van der Waals surface area contributed by atoms with Gasteiger partial charge in [0, 0.05) is 11.1 Å². The summed E-state index contributed by atoms with van der Waals surface area (Å²) in [7, 11) is 0. The third-order valence-electron chi connectivity index (χ3n) is 3.99. The van der Waals surface area contributed by atoms with Crippen LogP contribution in [0.25, 0.3) is 11.4 Å². The number of carbonyl (C=O) groups excluding carboxylic acids is 2. The Morgan fingerprint density at radius 2 is 1.74 bits per heavy atom. The molecule has 0 aliphatic carbocycles. The Morgan fingerprint density at radius 1 is 1.06 bits per heavy atom. The second-order valence-corrected chi connectivity index (χ2v) is 7.46. The van der Waals surface area contributed by atoms with E-state index in [4.69, 9.17) is 5.84 Å². The smallest absolute Gasteiger partial charge is 0.387 e. The zero-order valence-electron chi connectivity index (χ0n) is 16.2. The van der Waals surface area contributed by atoms with E-state index >= 15 is 0 Å². The molecule has 2 amide bonds. The Bertz CT molecular complexity index is 1050. The third-order valence-corrected chi connectivity index (χ3v) is 5.05. The zero-order valence-corrected chi connectivity index (χ0v) is 17.0. The molecule has 0 aliphatic rings. The summed E-state index contributed by atoms with van der Waals surface area (Å²) in [4.78, 5) is 24.3. The van der Waals surface area contributed by atoms with Crippen molar-refractivity contribution in [3.05, 3.63) is 60.2 Å². The molecule has 0 fully saturated rings. The van der Waals surface area contributed by atoms with E-state index in [0.717, 1.165) is 11.8 Å². The maximum Gasteiger partial charge on any atom is 0.387 e. The van der Waals surface area contributed by atoms with E-state index in [9.17, 15) is 18.4 Å². The summed E-state index contributed by atoms with van der Waals surface area (Å²) >= 11 is 1.03. The van der Waals surface area contributed by atoms with Crippen LogP contribution in [0.2, 0.25) is 0 Å². The van der Waals surface area contributed by atoms with Gasteiger partial charge in [-0.05, 0) is 43.3 Å². The highest BCUT2D eigenvalue weighted by atomic mass is 32.2. The molecule has 9 nitrogen and oxygen atoms in total. The number of hydrazine groups is 1. The fraction of sp³-hybridized carbons (Fsp3) is 0.158. The first kappa shape index (κ1) is 22.0. The number of nitrogens with two attached hydrogens (primary N) is 1. The Balaban J connectivity index is 1.59. The standard InChI is InChI=1S/C19H18F2N6O3S/c1-11(16(28)24-25-17(29)13-5-3-2-4-6-13)31-19-26-23-15(27(19)22)12-7-9-14(10-8-12)30-18(20)21/h2-11,18H,22H2,1H3,(H,24,28)(H,25,29). The average molecular weight is 448 g/mol. The highest BCUT2D eigenvalue weighted by Crippen LogP contribution is 2.26. The van der Waals surface area contributed by atoms with Gasteiger partial charge in [0.05, 0.1) is 5.25 Å². The first-order chi connectivity index (χ1) is 14.8. The number of nitrogens with one attached hydrogen (secondary N) is 2. The minimum atomic E-state index is -2.92. The molecule has 0 bridgehead atoms. The second-order valence-electron chi connectivity index (χ2n) is 6.15. The van der Waals surface area contributed by atoms with E-state index in [-0.39, 0.29) is 16.7 Å². The Kier molecular flexibility index (Phi) is 7.03. The molecule has 4 N–H and O–H groups in total. The first-order valence-electron chi connectivity index (χ1n) is 8.93. The number of halogens is 2. The Morgan fingerprint density at radius 3 is 2.39 bits per heavy atom. The zero-order chi connectivity index (χ0) is 22.4. The number of amides is 2. The van der Waals surface area contributed by atoms with Crippen LogP contribution in [-0.4, -0.2) is 38.5 Å². The lowest BCUT2D eigenvalue weighted by Crippen LogP contribution is -2.45. The van der Waals surface area contributed by atoms with Gasteiger partial charge >= 0.3 is 6.61 Å². The monoisotopic (exact) mass is 448 g/mol. The number of ether oxygens (including phenoxy) is 1. The molecule has 0 saturated carbocycles. The maximum atomic E-state index is 12.3. The summed E-state index contributed by atoms with van der Waals surface area (Å²) in [6, 6.07) is 14.2. The normalized spacial score (nSPS) is 11.7. The van der Waals surface area contributed by atoms with E-state index in [0.29, 0.717) is 11.1 Å². The van der Waals surface area contributed by atoms with Crippen LogP contribution in [-0.2, 0) is 4.79 Å². The van der Waals surface area contributed by atoms with Crippen LogP contribution in [0.3, 0.4) is 0 Å². The van der Waals surface area contributed by atoms with E-state index in [1.165, 1.54) is 28.9 Å². The van der Waals surface area contributed by atoms with Crippen LogP contribution in [0.15, 0.2) is 59.8 Å². The minimum Gasteiger partial charge on any atom is -0.435 e. The van der Waals surface area contributed by atoms with E-state index in [1.54, 1.807) is 37.3 Å².